The molecule has 94 valence electrons. The van der Waals surface area contributed by atoms with Crippen molar-refractivity contribution in [3.63, 3.8) is 0 Å². The molecule has 0 aromatic rings. The Balaban J connectivity index is 4.44. The molecule has 3 heteroatoms. The van der Waals surface area contributed by atoms with E-state index in [2.05, 4.69) is 20.8 Å². The van der Waals surface area contributed by atoms with Crippen LogP contribution in [-0.4, -0.2) is 47.6 Å². The van der Waals surface area contributed by atoms with E-state index in [-0.39, 0.29) is 6.61 Å². The summed E-state index contributed by atoms with van der Waals surface area (Å²) in [4.78, 5) is 0. The van der Waals surface area contributed by atoms with Crippen LogP contribution in [0, 0.1) is 0 Å². The topological polar surface area (TPSA) is 40.5 Å². The molecule has 1 unspecified atom stereocenters. The summed E-state index contributed by atoms with van der Waals surface area (Å²) < 4.78 is 0. The molecule has 0 saturated carbocycles. The second kappa shape index (κ2) is 8.50. The Morgan fingerprint density at radius 3 is 1.60 bits per heavy atom. The number of hydrogen-bond acceptors (Lipinski definition) is 2. The molecule has 15 heavy (non-hydrogen) atoms. The number of aliphatic hydroxyl groups excluding tert-OH is 2. The molecule has 0 radical (unpaired) electrons. The summed E-state index contributed by atoms with van der Waals surface area (Å²) in [5.41, 5.74) is 0. The summed E-state index contributed by atoms with van der Waals surface area (Å²) in [7, 11) is -1.29. The van der Waals surface area contributed by atoms with Crippen molar-refractivity contribution in [1.29, 1.82) is 0 Å². The van der Waals surface area contributed by atoms with Crippen LogP contribution in [0.15, 0.2) is 0 Å². The summed E-state index contributed by atoms with van der Waals surface area (Å²) >= 11 is 0. The van der Waals surface area contributed by atoms with E-state index in [1.54, 1.807) is 0 Å². The number of hydrogen-bond donors (Lipinski definition) is 2. The van der Waals surface area contributed by atoms with Crippen LogP contribution in [0.3, 0.4) is 0 Å². The van der Waals surface area contributed by atoms with Gasteiger partial charge in [0.2, 0.25) is 0 Å². The third-order valence-corrected chi connectivity index (χ3v) is 9.24. The van der Waals surface area contributed by atoms with Crippen LogP contribution in [-0.2, 0) is 0 Å². The van der Waals surface area contributed by atoms with E-state index in [0.29, 0.717) is 0 Å². The Kier molecular flexibility index (Phi) is 8.69. The van der Waals surface area contributed by atoms with Crippen LogP contribution in [0.2, 0.25) is 0 Å². The predicted octanol–water partition coefficient (Wildman–Crippen LogP) is 2.32. The van der Waals surface area contributed by atoms with Crippen molar-refractivity contribution in [2.45, 2.75) is 46.1 Å². The second-order valence-corrected chi connectivity index (χ2v) is 9.70. The van der Waals surface area contributed by atoms with E-state index in [0.717, 1.165) is 6.16 Å². The third kappa shape index (κ3) is 5.85. The maximum atomic E-state index is 9.66. The van der Waals surface area contributed by atoms with Gasteiger partial charge in [-0.1, -0.05) is 0 Å². The zero-order valence-corrected chi connectivity index (χ0v) is 11.6. The average molecular weight is 236 g/mol. The van der Waals surface area contributed by atoms with Crippen molar-refractivity contribution >= 4 is 7.26 Å². The molecule has 0 aromatic heterocycles. The molecular formula is C12H29O2P. The summed E-state index contributed by atoms with van der Waals surface area (Å²) in [6.07, 6.45) is 8.04. The Hall–Kier alpha value is 0.350. The summed E-state index contributed by atoms with van der Waals surface area (Å²) in [6.45, 7) is 6.64. The maximum absolute atomic E-state index is 9.66. The van der Waals surface area contributed by atoms with Gasteiger partial charge in [0, 0.05) is 0 Å². The molecule has 2 nitrogen and oxygen atoms in total. The van der Waals surface area contributed by atoms with E-state index in [4.69, 9.17) is 5.11 Å². The van der Waals surface area contributed by atoms with Crippen LogP contribution >= 0.6 is 7.26 Å². The van der Waals surface area contributed by atoms with Crippen molar-refractivity contribution in [2.75, 3.05) is 31.3 Å². The fraction of sp³-hybridized carbons (Fsp3) is 1.00. The van der Waals surface area contributed by atoms with E-state index in [1.807, 2.05) is 0 Å². The Bertz CT molecular complexity index is 134. The van der Waals surface area contributed by atoms with Gasteiger partial charge in [0.25, 0.3) is 0 Å². The molecule has 0 fully saturated rings. The summed E-state index contributed by atoms with van der Waals surface area (Å²) in [5.74, 6) is 0. The van der Waals surface area contributed by atoms with Crippen LogP contribution in [0.25, 0.3) is 0 Å². The fourth-order valence-corrected chi connectivity index (χ4v) is 8.51. The van der Waals surface area contributed by atoms with Gasteiger partial charge in [0.1, 0.15) is 0 Å². The first kappa shape index (κ1) is 15.3. The Labute approximate surface area is 95.4 Å². The van der Waals surface area contributed by atoms with Gasteiger partial charge in [-0.25, -0.2) is 0 Å². The van der Waals surface area contributed by atoms with Crippen molar-refractivity contribution in [3.05, 3.63) is 0 Å². The van der Waals surface area contributed by atoms with Gasteiger partial charge in [0.15, 0.2) is 0 Å². The first-order valence-corrected chi connectivity index (χ1v) is 9.25. The van der Waals surface area contributed by atoms with Gasteiger partial charge in [-0.05, 0) is 0 Å². The molecular weight excluding hydrogens is 207 g/mol. The summed E-state index contributed by atoms with van der Waals surface area (Å²) in [5, 5.41) is 18.6. The summed E-state index contributed by atoms with van der Waals surface area (Å²) in [6, 6.07) is 0. The van der Waals surface area contributed by atoms with Crippen LogP contribution in [0.5, 0.6) is 0 Å². The third-order valence-electron chi connectivity index (χ3n) is 3.22. The Morgan fingerprint density at radius 2 is 1.33 bits per heavy atom. The van der Waals surface area contributed by atoms with E-state index < -0.39 is 13.4 Å². The zero-order valence-electron chi connectivity index (χ0n) is 10.6. The van der Waals surface area contributed by atoms with Crippen LogP contribution in [0.1, 0.15) is 40.0 Å². The normalized spacial score (nSPS) is 15.3. The Morgan fingerprint density at radius 1 is 0.933 bits per heavy atom. The number of rotatable bonds is 9. The van der Waals surface area contributed by atoms with Gasteiger partial charge >= 0.3 is 94.9 Å². The SMILES string of the molecule is CCC[PH](CCC)(CCC)CC(O)CO. The van der Waals surface area contributed by atoms with Crippen LogP contribution in [0.4, 0.5) is 0 Å². The molecule has 0 rings (SSSR count). The van der Waals surface area contributed by atoms with E-state index in [9.17, 15) is 5.11 Å². The molecule has 0 aromatic carbocycles. The van der Waals surface area contributed by atoms with E-state index in [1.165, 1.54) is 37.7 Å². The van der Waals surface area contributed by atoms with Crippen molar-refractivity contribution in [1.82, 2.24) is 0 Å². The van der Waals surface area contributed by atoms with Gasteiger partial charge in [-0.3, -0.25) is 0 Å². The van der Waals surface area contributed by atoms with E-state index >= 15 is 0 Å². The van der Waals surface area contributed by atoms with Gasteiger partial charge < -0.3 is 0 Å². The average Bonchev–Trinajstić information content (AvgIpc) is 2.18. The van der Waals surface area contributed by atoms with Crippen molar-refractivity contribution < 1.29 is 10.2 Å². The number of aliphatic hydroxyl groups is 2. The molecule has 0 saturated heterocycles. The fourth-order valence-electron chi connectivity index (χ4n) is 2.84. The molecule has 0 aliphatic heterocycles. The molecule has 2 N–H and O–H groups in total. The molecule has 0 aliphatic carbocycles. The molecule has 0 heterocycles. The zero-order chi connectivity index (χ0) is 11.7. The van der Waals surface area contributed by atoms with Crippen LogP contribution < -0.4 is 0 Å². The first-order chi connectivity index (χ1) is 7.14. The second-order valence-electron chi connectivity index (χ2n) is 4.79. The molecule has 0 bridgehead atoms. The minimum absolute atomic E-state index is 0.0636. The first-order valence-electron chi connectivity index (χ1n) is 6.43. The molecule has 0 amide bonds. The van der Waals surface area contributed by atoms with Gasteiger partial charge in [-0.2, -0.15) is 0 Å². The standard InChI is InChI=1S/C12H29O2P/c1-4-7-15(8-5-2,9-6-3)11-12(14)10-13/h12-15H,4-11H2,1-3H3. The quantitative estimate of drug-likeness (QED) is 0.603. The molecule has 1 atom stereocenters. The monoisotopic (exact) mass is 236 g/mol. The van der Waals surface area contributed by atoms with Crippen molar-refractivity contribution in [3.8, 4) is 0 Å². The predicted molar refractivity (Wildman–Crippen MR) is 71.7 cm³/mol. The molecule has 0 aliphatic rings. The van der Waals surface area contributed by atoms with Gasteiger partial charge in [0.05, 0.1) is 0 Å². The molecule has 0 spiro atoms. The van der Waals surface area contributed by atoms with Crippen molar-refractivity contribution in [2.24, 2.45) is 0 Å². The minimum atomic E-state index is -1.29. The van der Waals surface area contributed by atoms with Gasteiger partial charge in [-0.15, -0.1) is 0 Å².